The van der Waals surface area contributed by atoms with Crippen molar-refractivity contribution in [3.05, 3.63) is 136 Å². The molecule has 0 saturated carbocycles. The molecule has 33 heavy (non-hydrogen) atoms. The van der Waals surface area contributed by atoms with Gasteiger partial charge >= 0.3 is 0 Å². The topological polar surface area (TPSA) is 22.8 Å². The van der Waals surface area contributed by atoms with Gasteiger partial charge in [0.15, 0.2) is 0 Å². The number of halogens is 3. The minimum Gasteiger partial charge on any atom is -0.349 e. The summed E-state index contributed by atoms with van der Waals surface area (Å²) >= 11 is 18.8. The largest absolute Gasteiger partial charge is 0.349 e. The van der Waals surface area contributed by atoms with Crippen molar-refractivity contribution < 1.29 is 0 Å². The summed E-state index contributed by atoms with van der Waals surface area (Å²) in [6.07, 6.45) is 10.0. The number of nitrogens with zero attached hydrogens (tertiary/aromatic N) is 3. The Bertz CT molecular complexity index is 1360. The highest BCUT2D eigenvalue weighted by Gasteiger charge is 2.22. The molecule has 2 aromatic heterocycles. The molecule has 0 radical (unpaired) electrons. The van der Waals surface area contributed by atoms with Crippen molar-refractivity contribution in [2.75, 3.05) is 0 Å². The fourth-order valence-corrected chi connectivity index (χ4v) is 4.72. The summed E-state index contributed by atoms with van der Waals surface area (Å²) in [4.78, 5) is 4.31. The average molecular weight is 493 g/mol. The highest BCUT2D eigenvalue weighted by Crippen LogP contribution is 2.36. The molecule has 0 saturated heterocycles. The lowest BCUT2D eigenvalue weighted by Crippen LogP contribution is -2.11. The van der Waals surface area contributed by atoms with Crippen LogP contribution in [0.2, 0.25) is 15.1 Å². The van der Waals surface area contributed by atoms with Gasteiger partial charge in [0.25, 0.3) is 0 Å². The van der Waals surface area contributed by atoms with E-state index in [1.165, 1.54) is 5.56 Å². The van der Waals surface area contributed by atoms with E-state index in [1.807, 2.05) is 49.1 Å². The lowest BCUT2D eigenvalue weighted by molar-refractivity contribution is 0.673. The van der Waals surface area contributed by atoms with E-state index in [-0.39, 0.29) is 6.04 Å². The highest BCUT2D eigenvalue weighted by atomic mass is 35.5. The van der Waals surface area contributed by atoms with E-state index in [0.29, 0.717) is 21.6 Å². The van der Waals surface area contributed by atoms with E-state index in [2.05, 4.69) is 62.9 Å². The van der Waals surface area contributed by atoms with Crippen LogP contribution in [-0.4, -0.2) is 14.1 Å². The molecule has 0 N–H and O–H groups in total. The van der Waals surface area contributed by atoms with E-state index in [9.17, 15) is 0 Å². The predicted molar refractivity (Wildman–Crippen MR) is 136 cm³/mol. The molecule has 0 bridgehead atoms. The SMILES string of the molecule is Clc1ccc(-c2cn(Cc3ccc(Cl)cc3Cl)cc2[C@@H](c2ccccc2)n2ccnc2)cc1. The van der Waals surface area contributed by atoms with Gasteiger partial charge in [-0.05, 0) is 41.0 Å². The van der Waals surface area contributed by atoms with Crippen LogP contribution in [0, 0.1) is 0 Å². The van der Waals surface area contributed by atoms with E-state index in [4.69, 9.17) is 34.8 Å². The monoisotopic (exact) mass is 491 g/mol. The third-order valence-electron chi connectivity index (χ3n) is 5.67. The molecular formula is C27H20Cl3N3. The zero-order valence-electron chi connectivity index (χ0n) is 17.6. The normalized spacial score (nSPS) is 12.1. The second kappa shape index (κ2) is 9.48. The summed E-state index contributed by atoms with van der Waals surface area (Å²) < 4.78 is 4.30. The fraction of sp³-hybridized carbons (Fsp3) is 0.0741. The van der Waals surface area contributed by atoms with E-state index >= 15 is 0 Å². The number of hydrogen-bond donors (Lipinski definition) is 0. The first-order valence-corrected chi connectivity index (χ1v) is 11.6. The molecule has 1 atom stereocenters. The molecule has 5 rings (SSSR count). The Hall–Kier alpha value is -2.98. The summed E-state index contributed by atoms with van der Waals surface area (Å²) in [6.45, 7) is 0.627. The molecule has 0 fully saturated rings. The number of rotatable bonds is 6. The summed E-state index contributed by atoms with van der Waals surface area (Å²) in [5, 5.41) is 1.99. The second-order valence-corrected chi connectivity index (χ2v) is 9.15. The van der Waals surface area contributed by atoms with Crippen molar-refractivity contribution in [3.8, 4) is 11.1 Å². The standard InChI is InChI=1S/C27H20Cl3N3/c28-22-9-6-19(7-10-22)24-16-32(15-21-8-11-23(29)14-26(21)30)17-25(24)27(33-13-12-31-18-33)20-4-2-1-3-5-20/h1-14,16-18,27H,15H2/t27-/m1/s1. The van der Waals surface area contributed by atoms with Gasteiger partial charge in [0.1, 0.15) is 0 Å². The molecule has 0 spiro atoms. The summed E-state index contributed by atoms with van der Waals surface area (Å²) in [7, 11) is 0. The molecule has 2 heterocycles. The van der Waals surface area contributed by atoms with Crippen LogP contribution in [-0.2, 0) is 6.54 Å². The summed E-state index contributed by atoms with van der Waals surface area (Å²) in [5.41, 5.74) is 5.56. The van der Waals surface area contributed by atoms with E-state index in [1.54, 1.807) is 6.07 Å². The third-order valence-corrected chi connectivity index (χ3v) is 6.51. The van der Waals surface area contributed by atoms with Crippen molar-refractivity contribution in [1.29, 1.82) is 0 Å². The van der Waals surface area contributed by atoms with Crippen LogP contribution in [0.25, 0.3) is 11.1 Å². The molecule has 0 unspecified atom stereocenters. The fourth-order valence-electron chi connectivity index (χ4n) is 4.12. The van der Waals surface area contributed by atoms with Crippen LogP contribution < -0.4 is 0 Å². The van der Waals surface area contributed by atoms with Gasteiger partial charge in [0, 0.05) is 57.5 Å². The zero-order chi connectivity index (χ0) is 22.8. The van der Waals surface area contributed by atoms with Crippen molar-refractivity contribution in [3.63, 3.8) is 0 Å². The van der Waals surface area contributed by atoms with Gasteiger partial charge in [-0.3, -0.25) is 0 Å². The first-order chi connectivity index (χ1) is 16.1. The van der Waals surface area contributed by atoms with Crippen LogP contribution in [0.3, 0.4) is 0 Å². The van der Waals surface area contributed by atoms with Crippen molar-refractivity contribution in [2.45, 2.75) is 12.6 Å². The van der Waals surface area contributed by atoms with Gasteiger partial charge in [-0.25, -0.2) is 4.98 Å². The van der Waals surface area contributed by atoms with E-state index in [0.717, 1.165) is 22.3 Å². The Morgan fingerprint density at radius 3 is 2.27 bits per heavy atom. The van der Waals surface area contributed by atoms with E-state index < -0.39 is 0 Å². The lowest BCUT2D eigenvalue weighted by Gasteiger charge is -2.20. The molecule has 164 valence electrons. The van der Waals surface area contributed by atoms with Crippen molar-refractivity contribution in [1.82, 2.24) is 14.1 Å². The molecule has 0 aliphatic rings. The Labute approximate surface area is 207 Å². The maximum Gasteiger partial charge on any atom is 0.0954 e. The molecule has 0 aliphatic heterocycles. The summed E-state index contributed by atoms with van der Waals surface area (Å²) in [5.74, 6) is 0. The zero-order valence-corrected chi connectivity index (χ0v) is 19.8. The number of aromatic nitrogens is 3. The molecule has 0 aliphatic carbocycles. The smallest absolute Gasteiger partial charge is 0.0954 e. The van der Waals surface area contributed by atoms with Gasteiger partial charge in [-0.1, -0.05) is 83.3 Å². The summed E-state index contributed by atoms with van der Waals surface area (Å²) in [6, 6.07) is 24.0. The van der Waals surface area contributed by atoms with Crippen LogP contribution in [0.1, 0.15) is 22.7 Å². The molecule has 0 amide bonds. The minimum absolute atomic E-state index is 0.0404. The number of hydrogen-bond acceptors (Lipinski definition) is 1. The first kappa shape index (κ1) is 21.8. The molecule has 5 aromatic rings. The molecular weight excluding hydrogens is 473 g/mol. The average Bonchev–Trinajstić information content (AvgIpc) is 3.48. The Morgan fingerprint density at radius 2 is 1.58 bits per heavy atom. The quantitative estimate of drug-likeness (QED) is 0.235. The van der Waals surface area contributed by atoms with Gasteiger partial charge in [0.05, 0.1) is 12.4 Å². The van der Waals surface area contributed by atoms with Gasteiger partial charge in [0.2, 0.25) is 0 Å². The highest BCUT2D eigenvalue weighted by molar-refractivity contribution is 6.35. The maximum absolute atomic E-state index is 6.48. The van der Waals surface area contributed by atoms with Crippen LogP contribution >= 0.6 is 34.8 Å². The lowest BCUT2D eigenvalue weighted by atomic mass is 9.94. The maximum atomic E-state index is 6.48. The second-order valence-electron chi connectivity index (χ2n) is 7.87. The number of imidazole rings is 1. The third kappa shape index (κ3) is 4.72. The van der Waals surface area contributed by atoms with Crippen LogP contribution in [0.15, 0.2) is 104 Å². The minimum atomic E-state index is -0.0404. The first-order valence-electron chi connectivity index (χ1n) is 10.5. The van der Waals surface area contributed by atoms with Crippen LogP contribution in [0.5, 0.6) is 0 Å². The van der Waals surface area contributed by atoms with Gasteiger partial charge in [-0.15, -0.1) is 0 Å². The Morgan fingerprint density at radius 1 is 0.818 bits per heavy atom. The van der Waals surface area contributed by atoms with Crippen molar-refractivity contribution in [2.24, 2.45) is 0 Å². The number of benzene rings is 3. The molecule has 6 heteroatoms. The van der Waals surface area contributed by atoms with Gasteiger partial charge in [-0.2, -0.15) is 0 Å². The predicted octanol–water partition coefficient (Wildman–Crippen LogP) is 8.00. The van der Waals surface area contributed by atoms with Crippen molar-refractivity contribution >= 4 is 34.8 Å². The Balaban J connectivity index is 1.66. The van der Waals surface area contributed by atoms with Gasteiger partial charge < -0.3 is 9.13 Å². The molecule has 3 aromatic carbocycles. The Kier molecular flexibility index (Phi) is 6.28. The molecule has 3 nitrogen and oxygen atoms in total. The van der Waals surface area contributed by atoms with Crippen LogP contribution in [0.4, 0.5) is 0 Å².